The van der Waals surface area contributed by atoms with Crippen molar-refractivity contribution in [3.8, 4) is 0 Å². The first-order valence-corrected chi connectivity index (χ1v) is 9.61. The minimum atomic E-state index is -0.722. The molecule has 0 aliphatic rings. The molecule has 2 aromatic heterocycles. The monoisotopic (exact) mass is 399 g/mol. The van der Waals surface area contributed by atoms with E-state index < -0.39 is 11.0 Å². The zero-order valence-corrected chi connectivity index (χ0v) is 16.8. The molecular weight excluding hydrogens is 374 g/mol. The summed E-state index contributed by atoms with van der Waals surface area (Å²) >= 11 is 0. The predicted octanol–water partition coefficient (Wildman–Crippen LogP) is 2.68. The van der Waals surface area contributed by atoms with Gasteiger partial charge in [0.1, 0.15) is 18.4 Å². The summed E-state index contributed by atoms with van der Waals surface area (Å²) in [5.41, 5.74) is 1.58. The first-order valence-electron chi connectivity index (χ1n) is 9.61. The van der Waals surface area contributed by atoms with Gasteiger partial charge in [-0.25, -0.2) is 4.98 Å². The fraction of sp³-hybridized carbons (Fsp3) is 0.421. The second-order valence-electron chi connectivity index (χ2n) is 6.70. The second-order valence-corrected chi connectivity index (χ2v) is 6.70. The number of anilines is 1. The van der Waals surface area contributed by atoms with E-state index in [1.807, 2.05) is 28.8 Å². The molecule has 0 aliphatic heterocycles. The Hall–Kier alpha value is -3.27. The third kappa shape index (κ3) is 4.43. The van der Waals surface area contributed by atoms with Crippen molar-refractivity contribution in [3.05, 3.63) is 46.8 Å². The SMILES string of the molecule is CCN(CC)CCn1c(NC(=O)[C@H](C)n2cc([N+](=O)[O-])cn2)nc2ccccc21. The minimum absolute atomic E-state index is 0.156. The molecule has 0 radical (unpaired) electrons. The van der Waals surface area contributed by atoms with Crippen molar-refractivity contribution < 1.29 is 9.72 Å². The first-order chi connectivity index (χ1) is 13.9. The summed E-state index contributed by atoms with van der Waals surface area (Å²) in [7, 11) is 0. The highest BCUT2D eigenvalue weighted by molar-refractivity contribution is 5.93. The van der Waals surface area contributed by atoms with Gasteiger partial charge in [0.05, 0.1) is 16.0 Å². The van der Waals surface area contributed by atoms with Crippen molar-refractivity contribution in [2.24, 2.45) is 0 Å². The van der Waals surface area contributed by atoms with Gasteiger partial charge >= 0.3 is 5.69 Å². The molecule has 0 bridgehead atoms. The number of likely N-dealkylation sites (N-methyl/N-ethyl adjacent to an activating group) is 1. The fourth-order valence-corrected chi connectivity index (χ4v) is 3.15. The highest BCUT2D eigenvalue weighted by Gasteiger charge is 2.21. The summed E-state index contributed by atoms with van der Waals surface area (Å²) in [6.07, 6.45) is 2.37. The molecule has 2 heterocycles. The van der Waals surface area contributed by atoms with Crippen molar-refractivity contribution in [3.63, 3.8) is 0 Å². The maximum Gasteiger partial charge on any atom is 0.307 e. The lowest BCUT2D eigenvalue weighted by Gasteiger charge is -2.19. The molecule has 3 rings (SSSR count). The number of amides is 1. The summed E-state index contributed by atoms with van der Waals surface area (Å²) in [6.45, 7) is 9.26. The van der Waals surface area contributed by atoms with E-state index in [2.05, 4.69) is 34.1 Å². The molecule has 10 nitrogen and oxygen atoms in total. The molecule has 0 aliphatic carbocycles. The Morgan fingerprint density at radius 3 is 2.69 bits per heavy atom. The molecule has 1 atom stereocenters. The minimum Gasteiger partial charge on any atom is -0.309 e. The molecule has 0 unspecified atom stereocenters. The molecule has 29 heavy (non-hydrogen) atoms. The Labute approximate surface area is 168 Å². The van der Waals surface area contributed by atoms with E-state index in [0.29, 0.717) is 12.5 Å². The smallest absolute Gasteiger partial charge is 0.307 e. The lowest BCUT2D eigenvalue weighted by Crippen LogP contribution is -2.29. The van der Waals surface area contributed by atoms with E-state index in [-0.39, 0.29) is 11.6 Å². The van der Waals surface area contributed by atoms with E-state index in [1.165, 1.54) is 10.9 Å². The van der Waals surface area contributed by atoms with Gasteiger partial charge in [0.25, 0.3) is 5.91 Å². The number of carbonyl (C=O) groups is 1. The van der Waals surface area contributed by atoms with E-state index in [0.717, 1.165) is 36.9 Å². The number of nitrogens with zero attached hydrogens (tertiary/aromatic N) is 6. The van der Waals surface area contributed by atoms with Gasteiger partial charge in [0.2, 0.25) is 5.95 Å². The van der Waals surface area contributed by atoms with Gasteiger partial charge in [-0.05, 0) is 32.1 Å². The van der Waals surface area contributed by atoms with Gasteiger partial charge in [0, 0.05) is 13.1 Å². The van der Waals surface area contributed by atoms with Crippen LogP contribution in [0.5, 0.6) is 0 Å². The van der Waals surface area contributed by atoms with Gasteiger partial charge in [-0.3, -0.25) is 24.9 Å². The van der Waals surface area contributed by atoms with Crippen LogP contribution in [0.4, 0.5) is 11.6 Å². The highest BCUT2D eigenvalue weighted by Crippen LogP contribution is 2.21. The van der Waals surface area contributed by atoms with Gasteiger partial charge in [-0.15, -0.1) is 0 Å². The molecule has 1 aromatic carbocycles. The van der Waals surface area contributed by atoms with Gasteiger partial charge in [-0.1, -0.05) is 26.0 Å². The van der Waals surface area contributed by atoms with Crippen molar-refractivity contribution in [2.75, 3.05) is 25.0 Å². The van der Waals surface area contributed by atoms with Crippen LogP contribution in [0.25, 0.3) is 11.0 Å². The van der Waals surface area contributed by atoms with E-state index in [4.69, 9.17) is 0 Å². The maximum absolute atomic E-state index is 12.8. The Bertz CT molecular complexity index is 1010. The summed E-state index contributed by atoms with van der Waals surface area (Å²) < 4.78 is 3.26. The van der Waals surface area contributed by atoms with E-state index >= 15 is 0 Å². The Morgan fingerprint density at radius 2 is 2.03 bits per heavy atom. The van der Waals surface area contributed by atoms with Gasteiger partial charge < -0.3 is 9.47 Å². The number of nitro groups is 1. The lowest BCUT2D eigenvalue weighted by atomic mass is 10.3. The standard InChI is InChI=1S/C19H25N7O3/c1-4-23(5-2)10-11-24-17-9-7-6-8-16(17)21-19(24)22-18(27)14(3)25-13-15(12-20-25)26(28)29/h6-9,12-14H,4-5,10-11H2,1-3H3,(H,21,22,27)/t14-/m0/s1. The summed E-state index contributed by atoms with van der Waals surface area (Å²) in [5, 5.41) is 17.6. The molecular formula is C19H25N7O3. The molecule has 1 N–H and O–H groups in total. The number of hydrogen-bond acceptors (Lipinski definition) is 6. The number of aromatic nitrogens is 4. The van der Waals surface area contributed by atoms with Crippen LogP contribution in [-0.2, 0) is 11.3 Å². The molecule has 1 amide bonds. The first kappa shape index (κ1) is 20.5. The molecule has 0 fully saturated rings. The Kier molecular flexibility index (Phi) is 6.23. The van der Waals surface area contributed by atoms with Crippen LogP contribution in [0.3, 0.4) is 0 Å². The maximum atomic E-state index is 12.8. The van der Waals surface area contributed by atoms with Crippen molar-refractivity contribution >= 4 is 28.6 Å². The predicted molar refractivity (Wildman–Crippen MR) is 110 cm³/mol. The molecule has 0 spiro atoms. The number of rotatable bonds is 9. The van der Waals surface area contributed by atoms with Gasteiger partial charge in [-0.2, -0.15) is 5.10 Å². The Balaban J connectivity index is 1.83. The van der Waals surface area contributed by atoms with Crippen LogP contribution in [0.2, 0.25) is 0 Å². The number of hydrogen-bond donors (Lipinski definition) is 1. The molecule has 3 aromatic rings. The van der Waals surface area contributed by atoms with E-state index in [9.17, 15) is 14.9 Å². The van der Waals surface area contributed by atoms with Crippen molar-refractivity contribution in [2.45, 2.75) is 33.4 Å². The zero-order chi connectivity index (χ0) is 21.0. The lowest BCUT2D eigenvalue weighted by molar-refractivity contribution is -0.385. The average Bonchev–Trinajstić information content (AvgIpc) is 3.33. The Morgan fingerprint density at radius 1 is 1.31 bits per heavy atom. The normalized spacial score (nSPS) is 12.4. The van der Waals surface area contributed by atoms with Crippen molar-refractivity contribution in [1.29, 1.82) is 0 Å². The van der Waals surface area contributed by atoms with E-state index in [1.54, 1.807) is 6.92 Å². The number of imidazole rings is 1. The fourth-order valence-electron chi connectivity index (χ4n) is 3.15. The molecule has 0 saturated heterocycles. The van der Waals surface area contributed by atoms with Crippen LogP contribution < -0.4 is 5.32 Å². The zero-order valence-electron chi connectivity index (χ0n) is 16.8. The largest absolute Gasteiger partial charge is 0.309 e. The molecule has 10 heteroatoms. The average molecular weight is 399 g/mol. The highest BCUT2D eigenvalue weighted by atomic mass is 16.6. The topological polar surface area (TPSA) is 111 Å². The van der Waals surface area contributed by atoms with Gasteiger partial charge in [0.15, 0.2) is 0 Å². The number of benzene rings is 1. The summed E-state index contributed by atoms with van der Waals surface area (Å²) in [5.74, 6) is 0.110. The third-order valence-electron chi connectivity index (χ3n) is 5.00. The van der Waals surface area contributed by atoms with Crippen LogP contribution in [0.15, 0.2) is 36.7 Å². The summed E-state index contributed by atoms with van der Waals surface area (Å²) in [4.78, 5) is 29.9. The molecule has 154 valence electrons. The molecule has 0 saturated carbocycles. The quantitative estimate of drug-likeness (QED) is 0.437. The van der Waals surface area contributed by atoms with Crippen molar-refractivity contribution in [1.82, 2.24) is 24.2 Å². The number of nitrogens with one attached hydrogen (secondary N) is 1. The van der Waals surface area contributed by atoms with Crippen LogP contribution in [-0.4, -0.2) is 54.7 Å². The summed E-state index contributed by atoms with van der Waals surface area (Å²) in [6, 6.07) is 7.00. The van der Waals surface area contributed by atoms with Crippen LogP contribution >= 0.6 is 0 Å². The third-order valence-corrected chi connectivity index (χ3v) is 5.00. The van der Waals surface area contributed by atoms with Crippen LogP contribution in [0.1, 0.15) is 26.8 Å². The second kappa shape index (κ2) is 8.82. The van der Waals surface area contributed by atoms with Crippen LogP contribution in [0, 0.1) is 10.1 Å². The number of fused-ring (bicyclic) bond motifs is 1. The number of carbonyl (C=O) groups excluding carboxylic acids is 1. The number of para-hydroxylation sites is 2.